The zero-order valence-electron chi connectivity index (χ0n) is 27.9. The molecule has 0 radical (unpaired) electrons. The number of nitrogens with zero attached hydrogens (tertiary/aromatic N) is 1. The Labute approximate surface area is 295 Å². The second kappa shape index (κ2) is 22.2. The van der Waals surface area contributed by atoms with E-state index in [4.69, 9.17) is 37.0 Å². The van der Waals surface area contributed by atoms with E-state index >= 15 is 0 Å². The van der Waals surface area contributed by atoms with Crippen LogP contribution in [0.3, 0.4) is 0 Å². The third kappa shape index (κ3) is 16.4. The number of carboxylic acid groups (broad SMARTS) is 3. The number of carbonyl (C=O) groups is 3. The summed E-state index contributed by atoms with van der Waals surface area (Å²) < 4.78 is 0. The lowest BCUT2D eigenvalue weighted by atomic mass is 10.1. The molecule has 0 aliphatic carbocycles. The molecule has 0 fully saturated rings. The van der Waals surface area contributed by atoms with Crippen molar-refractivity contribution in [3.8, 4) is 11.5 Å². The number of pyridine rings is 1. The number of aromatic amines is 1. The minimum Gasteiger partial charge on any atom is -0.508 e. The summed E-state index contributed by atoms with van der Waals surface area (Å²) in [5, 5.41) is 44.1. The van der Waals surface area contributed by atoms with Crippen LogP contribution >= 0.6 is 0 Å². The van der Waals surface area contributed by atoms with Crippen LogP contribution in [0.1, 0.15) is 27.0 Å². The molecule has 51 heavy (non-hydrogen) atoms. The Morgan fingerprint density at radius 3 is 1.73 bits per heavy atom. The molecule has 0 aliphatic heterocycles. The van der Waals surface area contributed by atoms with Gasteiger partial charge in [-0.3, -0.25) is 14.6 Å². The highest BCUT2D eigenvalue weighted by molar-refractivity contribution is 5.87. The van der Waals surface area contributed by atoms with Crippen molar-refractivity contribution in [1.29, 1.82) is 0 Å². The number of aromatic hydroxyl groups is 2. The highest BCUT2D eigenvalue weighted by Gasteiger charge is 2.14. The molecule has 4 aromatic carbocycles. The molecule has 2 atom stereocenters. The van der Waals surface area contributed by atoms with Gasteiger partial charge < -0.3 is 42.0 Å². The van der Waals surface area contributed by atoms with E-state index in [0.717, 1.165) is 27.6 Å². The first-order valence-corrected chi connectivity index (χ1v) is 15.6. The van der Waals surface area contributed by atoms with Gasteiger partial charge in [0, 0.05) is 35.9 Å². The third-order valence-corrected chi connectivity index (χ3v) is 6.71. The van der Waals surface area contributed by atoms with E-state index in [2.05, 4.69) is 9.97 Å². The maximum absolute atomic E-state index is 10.6. The van der Waals surface area contributed by atoms with Crippen molar-refractivity contribution in [3.05, 3.63) is 162 Å². The molecule has 0 saturated heterocycles. The fourth-order valence-corrected chi connectivity index (χ4v) is 4.13. The second-order valence-corrected chi connectivity index (χ2v) is 10.9. The van der Waals surface area contributed by atoms with Crippen LogP contribution in [0.2, 0.25) is 0 Å². The van der Waals surface area contributed by atoms with Crippen molar-refractivity contribution in [3.63, 3.8) is 0 Å². The van der Waals surface area contributed by atoms with Crippen LogP contribution in [0.4, 0.5) is 0 Å². The molecule has 0 amide bonds. The quantitative estimate of drug-likeness (QED) is 0.102. The van der Waals surface area contributed by atoms with Crippen LogP contribution < -0.4 is 11.5 Å². The number of rotatable bonds is 7. The number of aryl methyl sites for hydroxylation is 1. The largest absolute Gasteiger partial charge is 0.508 e. The maximum atomic E-state index is 10.6. The van der Waals surface area contributed by atoms with Crippen LogP contribution in [0.5, 0.6) is 11.5 Å². The fourth-order valence-electron chi connectivity index (χ4n) is 4.13. The van der Waals surface area contributed by atoms with Crippen molar-refractivity contribution < 1.29 is 39.9 Å². The number of nitrogens with one attached hydrogen (secondary N) is 1. The van der Waals surface area contributed by atoms with Gasteiger partial charge in [0.05, 0.1) is 5.56 Å². The number of para-hydroxylation sites is 2. The molecule has 10 N–H and O–H groups in total. The standard InChI is InChI=1S/C11H12N2O2.C9H11NO2.C7H8O.C6H5NO2.C6H6O/c12-9(11(14)15)5-7-6-13-10-4-2-1-3-8(7)10;10-8(9(11)12)6-7-4-2-1-3-5-7;1-6-3-2-4-7(8)5-6;8-6(9)5-2-1-3-7-4-5;7-6-4-2-1-3-5-6/h1-4,6,9,13H,5,12H2,(H,14,15);1-5,8H,6,10H2,(H,11,12);2-5,8H,1H3;1-4H,(H,8,9);1-5,7H. The zero-order chi connectivity index (χ0) is 37.6. The number of hydrogen-bond acceptors (Lipinski definition) is 8. The van der Waals surface area contributed by atoms with Crippen LogP contribution in [0.15, 0.2) is 140 Å². The van der Waals surface area contributed by atoms with Crippen molar-refractivity contribution in [2.75, 3.05) is 0 Å². The summed E-state index contributed by atoms with van der Waals surface area (Å²) in [5.41, 5.74) is 15.0. The summed E-state index contributed by atoms with van der Waals surface area (Å²) in [5.74, 6) is -2.21. The van der Waals surface area contributed by atoms with Gasteiger partial charge in [-0.15, -0.1) is 0 Å². The molecule has 12 heteroatoms. The number of aliphatic carboxylic acids is 2. The topological polar surface area (TPSA) is 233 Å². The summed E-state index contributed by atoms with van der Waals surface area (Å²) in [7, 11) is 0. The average molecular weight is 695 g/mol. The van der Waals surface area contributed by atoms with Gasteiger partial charge in [0.15, 0.2) is 0 Å². The lowest BCUT2D eigenvalue weighted by Gasteiger charge is -2.04. The van der Waals surface area contributed by atoms with Crippen LogP contribution in [-0.4, -0.2) is 65.5 Å². The first-order chi connectivity index (χ1) is 24.4. The number of benzene rings is 4. The Bertz CT molecular complexity index is 1890. The van der Waals surface area contributed by atoms with E-state index in [9.17, 15) is 14.4 Å². The van der Waals surface area contributed by atoms with E-state index in [1.54, 1.807) is 42.5 Å². The van der Waals surface area contributed by atoms with Crippen LogP contribution in [0.25, 0.3) is 10.9 Å². The van der Waals surface area contributed by atoms with E-state index in [0.29, 0.717) is 24.3 Å². The Morgan fingerprint density at radius 1 is 0.686 bits per heavy atom. The van der Waals surface area contributed by atoms with Gasteiger partial charge in [-0.1, -0.05) is 78.9 Å². The number of phenols is 2. The number of fused-ring (bicyclic) bond motifs is 1. The average Bonchev–Trinajstić information content (AvgIpc) is 3.53. The number of hydrogen-bond donors (Lipinski definition) is 8. The minimum atomic E-state index is -0.972. The van der Waals surface area contributed by atoms with E-state index in [-0.39, 0.29) is 5.56 Å². The Hall–Kier alpha value is -6.50. The van der Waals surface area contributed by atoms with Gasteiger partial charge in [-0.25, -0.2) is 4.79 Å². The van der Waals surface area contributed by atoms with Gasteiger partial charge in [0.1, 0.15) is 23.6 Å². The summed E-state index contributed by atoms with van der Waals surface area (Å²) in [6, 6.07) is 34.4. The van der Waals surface area contributed by atoms with Gasteiger partial charge in [-0.05, 0) is 72.5 Å². The summed E-state index contributed by atoms with van der Waals surface area (Å²) in [6.45, 7) is 1.94. The number of carboxylic acids is 3. The van der Waals surface area contributed by atoms with E-state index in [1.165, 1.54) is 18.5 Å². The first-order valence-electron chi connectivity index (χ1n) is 15.6. The lowest BCUT2D eigenvalue weighted by Crippen LogP contribution is -2.32. The molecule has 266 valence electrons. The van der Waals surface area contributed by atoms with Crippen molar-refractivity contribution >= 4 is 28.8 Å². The molecular weight excluding hydrogens is 652 g/mol. The minimum absolute atomic E-state index is 0.220. The van der Waals surface area contributed by atoms with Crippen LogP contribution in [-0.2, 0) is 22.4 Å². The second-order valence-electron chi connectivity index (χ2n) is 10.9. The molecule has 0 bridgehead atoms. The monoisotopic (exact) mass is 694 g/mol. The predicted molar refractivity (Wildman–Crippen MR) is 196 cm³/mol. The number of aromatic carboxylic acids is 1. The molecular formula is C39H42N4O8. The highest BCUT2D eigenvalue weighted by Crippen LogP contribution is 2.18. The number of phenolic OH excluding ortho intramolecular Hbond substituents is 2. The molecule has 0 spiro atoms. The molecule has 6 rings (SSSR count). The Balaban J connectivity index is 0.000000227. The SMILES string of the molecule is Cc1cccc(O)c1.NC(Cc1c[nH]c2ccccc12)C(=O)O.NC(Cc1ccccc1)C(=O)O.O=C(O)c1cccnc1.Oc1ccccc1. The van der Waals surface area contributed by atoms with Crippen molar-refractivity contribution in [2.24, 2.45) is 11.5 Å². The highest BCUT2D eigenvalue weighted by atomic mass is 16.4. The summed E-state index contributed by atoms with van der Waals surface area (Å²) in [4.78, 5) is 37.9. The van der Waals surface area contributed by atoms with Crippen molar-refractivity contribution in [1.82, 2.24) is 9.97 Å². The lowest BCUT2D eigenvalue weighted by molar-refractivity contribution is -0.139. The summed E-state index contributed by atoms with van der Waals surface area (Å²) >= 11 is 0. The number of nitrogens with two attached hydrogens (primary N) is 2. The number of H-pyrrole nitrogens is 1. The Kier molecular flexibility index (Phi) is 17.7. The normalized spacial score (nSPS) is 10.9. The van der Waals surface area contributed by atoms with Crippen LogP contribution in [0, 0.1) is 6.92 Å². The van der Waals surface area contributed by atoms with E-state index < -0.39 is 30.0 Å². The van der Waals surface area contributed by atoms with Gasteiger partial charge >= 0.3 is 17.9 Å². The zero-order valence-corrected chi connectivity index (χ0v) is 27.9. The predicted octanol–water partition coefficient (Wildman–Crippen LogP) is 5.64. The van der Waals surface area contributed by atoms with E-state index in [1.807, 2.05) is 85.9 Å². The third-order valence-electron chi connectivity index (χ3n) is 6.71. The van der Waals surface area contributed by atoms with Gasteiger partial charge in [0.2, 0.25) is 0 Å². The maximum Gasteiger partial charge on any atom is 0.337 e. The number of aromatic nitrogens is 2. The summed E-state index contributed by atoms with van der Waals surface area (Å²) in [6.07, 6.45) is 5.39. The molecule has 2 unspecified atom stereocenters. The molecule has 0 aliphatic rings. The molecule has 0 saturated carbocycles. The molecule has 2 aromatic heterocycles. The Morgan fingerprint density at radius 2 is 1.25 bits per heavy atom. The fraction of sp³-hybridized carbons (Fsp3) is 0.128. The molecule has 12 nitrogen and oxygen atoms in total. The molecule has 6 aromatic rings. The van der Waals surface area contributed by atoms with Crippen molar-refractivity contribution in [2.45, 2.75) is 31.8 Å². The molecule has 2 heterocycles. The smallest absolute Gasteiger partial charge is 0.337 e. The van der Waals surface area contributed by atoms with Gasteiger partial charge in [0.25, 0.3) is 0 Å². The van der Waals surface area contributed by atoms with Gasteiger partial charge in [-0.2, -0.15) is 0 Å². The first kappa shape index (κ1) is 40.7.